The van der Waals surface area contributed by atoms with Crippen molar-refractivity contribution in [2.24, 2.45) is 0 Å². The van der Waals surface area contributed by atoms with Crippen molar-refractivity contribution in [3.8, 4) is 17.2 Å². The van der Waals surface area contributed by atoms with Crippen molar-refractivity contribution in [1.29, 1.82) is 0 Å². The number of carbonyl (C=O) groups is 1. The lowest BCUT2D eigenvalue weighted by atomic mass is 10.0. The third-order valence-electron chi connectivity index (χ3n) is 4.88. The highest BCUT2D eigenvalue weighted by molar-refractivity contribution is 5.94. The molecule has 2 N–H and O–H groups in total. The Morgan fingerprint density at radius 3 is 2.68 bits per heavy atom. The Balaban J connectivity index is 2.08. The van der Waals surface area contributed by atoms with Crippen molar-refractivity contribution in [2.75, 3.05) is 0 Å². The number of carbonyl (C=O) groups excluding carboxylic acids is 1. The first kappa shape index (κ1) is 20.0. The summed E-state index contributed by atoms with van der Waals surface area (Å²) in [6, 6.07) is 10.2. The SMILES string of the molecule is CCCCC[C@@H]1OC(=O)c2c(C)cccc2Oc2c(O)cccc2/C=C/[C@H]1O. The molecule has 2 atom stereocenters. The quantitative estimate of drug-likeness (QED) is 0.576. The molecule has 0 saturated heterocycles. The van der Waals surface area contributed by atoms with Gasteiger partial charge in [0.05, 0.1) is 0 Å². The number of ether oxygens (including phenoxy) is 2. The molecule has 0 aliphatic carbocycles. The number of phenols is 1. The van der Waals surface area contributed by atoms with Gasteiger partial charge in [-0.3, -0.25) is 0 Å². The van der Waals surface area contributed by atoms with Gasteiger partial charge in [0.25, 0.3) is 0 Å². The number of phenolic OH excluding ortho intramolecular Hbond substituents is 1. The minimum absolute atomic E-state index is 0.0452. The predicted molar refractivity (Wildman–Crippen MR) is 108 cm³/mol. The van der Waals surface area contributed by atoms with Crippen molar-refractivity contribution in [3.63, 3.8) is 0 Å². The second kappa shape index (κ2) is 8.93. The second-order valence-corrected chi connectivity index (χ2v) is 7.03. The fourth-order valence-electron chi connectivity index (χ4n) is 3.30. The number of rotatable bonds is 4. The Bertz CT molecular complexity index is 871. The molecule has 5 nitrogen and oxygen atoms in total. The van der Waals surface area contributed by atoms with Gasteiger partial charge < -0.3 is 19.7 Å². The van der Waals surface area contributed by atoms with Crippen LogP contribution in [0.3, 0.4) is 0 Å². The average Bonchev–Trinajstić information content (AvgIpc) is 2.68. The number of fused-ring (bicyclic) bond motifs is 2. The van der Waals surface area contributed by atoms with Gasteiger partial charge in [-0.2, -0.15) is 0 Å². The van der Waals surface area contributed by atoms with Crippen LogP contribution in [-0.2, 0) is 4.74 Å². The van der Waals surface area contributed by atoms with Crippen LogP contribution in [0.25, 0.3) is 6.08 Å². The van der Waals surface area contributed by atoms with E-state index in [1.165, 1.54) is 6.07 Å². The number of aromatic hydroxyl groups is 1. The van der Waals surface area contributed by atoms with Gasteiger partial charge in [-0.1, -0.05) is 56.2 Å². The van der Waals surface area contributed by atoms with Gasteiger partial charge in [-0.05, 0) is 37.5 Å². The van der Waals surface area contributed by atoms with Crippen LogP contribution in [0, 0.1) is 6.92 Å². The number of aliphatic hydroxyl groups excluding tert-OH is 1. The molecule has 148 valence electrons. The van der Waals surface area contributed by atoms with Gasteiger partial charge in [-0.15, -0.1) is 0 Å². The Labute approximate surface area is 165 Å². The summed E-state index contributed by atoms with van der Waals surface area (Å²) in [4.78, 5) is 12.9. The van der Waals surface area contributed by atoms with Gasteiger partial charge >= 0.3 is 5.97 Å². The minimum Gasteiger partial charge on any atom is -0.504 e. The monoisotopic (exact) mass is 382 g/mol. The summed E-state index contributed by atoms with van der Waals surface area (Å²) in [6.07, 6.45) is 5.11. The highest BCUT2D eigenvalue weighted by Gasteiger charge is 2.27. The van der Waals surface area contributed by atoms with E-state index in [1.54, 1.807) is 49.4 Å². The zero-order valence-corrected chi connectivity index (χ0v) is 16.2. The molecule has 0 unspecified atom stereocenters. The minimum atomic E-state index is -0.957. The number of benzene rings is 2. The van der Waals surface area contributed by atoms with Gasteiger partial charge in [0.2, 0.25) is 0 Å². The van der Waals surface area contributed by atoms with Crippen LogP contribution < -0.4 is 4.74 Å². The molecule has 1 aliphatic heterocycles. The molecule has 0 aromatic heterocycles. The van der Waals surface area contributed by atoms with Crippen LogP contribution in [0.2, 0.25) is 0 Å². The lowest BCUT2D eigenvalue weighted by Gasteiger charge is -2.22. The van der Waals surface area contributed by atoms with Crippen molar-refractivity contribution in [1.82, 2.24) is 0 Å². The summed E-state index contributed by atoms with van der Waals surface area (Å²) in [5.41, 5.74) is 1.60. The van der Waals surface area contributed by atoms with Crippen molar-refractivity contribution in [2.45, 2.75) is 51.7 Å². The summed E-state index contributed by atoms with van der Waals surface area (Å²) >= 11 is 0. The lowest BCUT2D eigenvalue weighted by molar-refractivity contribution is -0.00759. The molecule has 28 heavy (non-hydrogen) atoms. The van der Waals surface area contributed by atoms with Gasteiger partial charge in [0, 0.05) is 5.56 Å². The molecule has 2 aromatic carbocycles. The molecule has 2 aromatic rings. The van der Waals surface area contributed by atoms with E-state index in [0.29, 0.717) is 28.9 Å². The maximum atomic E-state index is 12.9. The Morgan fingerprint density at radius 2 is 1.89 bits per heavy atom. The van der Waals surface area contributed by atoms with E-state index in [1.807, 2.05) is 0 Å². The van der Waals surface area contributed by atoms with E-state index >= 15 is 0 Å². The van der Waals surface area contributed by atoms with E-state index < -0.39 is 18.2 Å². The Kier molecular flexibility index (Phi) is 6.37. The molecule has 0 bridgehead atoms. The largest absolute Gasteiger partial charge is 0.504 e. The van der Waals surface area contributed by atoms with Gasteiger partial charge in [0.1, 0.15) is 23.5 Å². The predicted octanol–water partition coefficient (Wildman–Crippen LogP) is 4.99. The Hall–Kier alpha value is -2.79. The van der Waals surface area contributed by atoms with Crippen LogP contribution in [0.15, 0.2) is 42.5 Å². The van der Waals surface area contributed by atoms with E-state index in [2.05, 4.69) is 6.92 Å². The van der Waals surface area contributed by atoms with Crippen LogP contribution >= 0.6 is 0 Å². The molecule has 0 saturated carbocycles. The normalized spacial score (nSPS) is 20.2. The molecular formula is C23H26O5. The smallest absolute Gasteiger partial charge is 0.342 e. The number of hydrogen-bond donors (Lipinski definition) is 2. The van der Waals surface area contributed by atoms with E-state index in [4.69, 9.17) is 9.47 Å². The van der Waals surface area contributed by atoms with Crippen LogP contribution in [0.4, 0.5) is 0 Å². The summed E-state index contributed by atoms with van der Waals surface area (Å²) in [5.74, 6) is -0.0444. The molecule has 0 spiro atoms. The highest BCUT2D eigenvalue weighted by Crippen LogP contribution is 2.38. The molecule has 0 radical (unpaired) electrons. The first-order valence-electron chi connectivity index (χ1n) is 9.68. The number of para-hydroxylation sites is 1. The molecule has 0 amide bonds. The number of esters is 1. The fourth-order valence-corrected chi connectivity index (χ4v) is 3.30. The summed E-state index contributed by atoms with van der Waals surface area (Å²) < 4.78 is 11.6. The lowest BCUT2D eigenvalue weighted by Crippen LogP contribution is -2.30. The maximum Gasteiger partial charge on any atom is 0.342 e. The standard InChI is InChI=1S/C23H26O5/c1-3-4-5-11-19-17(24)14-13-16-9-7-10-18(25)22(16)27-20-12-6-8-15(2)21(20)23(26)28-19/h6-10,12-14,17,19,24-25H,3-5,11H2,1-2H3/b14-13+/t17-,19+/m1/s1. The zero-order valence-electron chi connectivity index (χ0n) is 16.2. The number of hydrogen-bond acceptors (Lipinski definition) is 5. The van der Waals surface area contributed by atoms with E-state index in [0.717, 1.165) is 19.3 Å². The van der Waals surface area contributed by atoms with Gasteiger partial charge in [0.15, 0.2) is 11.5 Å². The fraction of sp³-hybridized carbons (Fsp3) is 0.348. The third-order valence-corrected chi connectivity index (χ3v) is 4.88. The van der Waals surface area contributed by atoms with Crippen LogP contribution in [0.5, 0.6) is 17.2 Å². The molecular weight excluding hydrogens is 356 g/mol. The van der Waals surface area contributed by atoms with Crippen molar-refractivity contribution >= 4 is 12.0 Å². The molecule has 0 fully saturated rings. The second-order valence-electron chi connectivity index (χ2n) is 7.03. The molecule has 1 heterocycles. The average molecular weight is 382 g/mol. The highest BCUT2D eigenvalue weighted by atomic mass is 16.6. The Morgan fingerprint density at radius 1 is 1.11 bits per heavy atom. The number of unbranched alkanes of at least 4 members (excludes halogenated alkanes) is 2. The first-order valence-corrected chi connectivity index (χ1v) is 9.68. The first-order chi connectivity index (χ1) is 13.5. The van der Waals surface area contributed by atoms with Crippen LogP contribution in [0.1, 0.15) is 54.1 Å². The van der Waals surface area contributed by atoms with Gasteiger partial charge in [-0.25, -0.2) is 4.79 Å². The third kappa shape index (κ3) is 4.37. The molecule has 5 heteroatoms. The topological polar surface area (TPSA) is 76.0 Å². The van der Waals surface area contributed by atoms with Crippen LogP contribution in [-0.4, -0.2) is 28.4 Å². The number of cyclic esters (lactones) is 1. The van der Waals surface area contributed by atoms with Crippen molar-refractivity contribution in [3.05, 3.63) is 59.2 Å². The summed E-state index contributed by atoms with van der Waals surface area (Å²) in [6.45, 7) is 3.90. The maximum absolute atomic E-state index is 12.9. The van der Waals surface area contributed by atoms with E-state index in [-0.39, 0.29) is 11.5 Å². The summed E-state index contributed by atoms with van der Waals surface area (Å²) in [5, 5.41) is 20.9. The number of aryl methyl sites for hydroxylation is 1. The molecule has 3 rings (SSSR count). The number of aliphatic hydroxyl groups is 1. The zero-order chi connectivity index (χ0) is 20.1. The summed E-state index contributed by atoms with van der Waals surface area (Å²) in [7, 11) is 0. The van der Waals surface area contributed by atoms with Crippen molar-refractivity contribution < 1.29 is 24.5 Å². The van der Waals surface area contributed by atoms with E-state index in [9.17, 15) is 15.0 Å². The molecule has 1 aliphatic rings.